The lowest BCUT2D eigenvalue weighted by atomic mass is 9.86. The minimum absolute atomic E-state index is 0.393. The maximum absolute atomic E-state index is 13.5. The number of hydrogen-bond donors (Lipinski definition) is 1. The molecular formula is C63H60O10. The van der Waals surface area contributed by atoms with Gasteiger partial charge in [0, 0.05) is 24.6 Å². The number of carbonyl (C=O) groups is 3. The van der Waals surface area contributed by atoms with Gasteiger partial charge in [-0.3, -0.25) is 0 Å². The van der Waals surface area contributed by atoms with Crippen molar-refractivity contribution < 1.29 is 47.9 Å². The van der Waals surface area contributed by atoms with E-state index in [2.05, 4.69) is 37.4 Å². The molecule has 0 aliphatic rings. The summed E-state index contributed by atoms with van der Waals surface area (Å²) in [6, 6.07) is 50.8. The number of fused-ring (bicyclic) bond motifs is 3. The third kappa shape index (κ3) is 13.4. The molecule has 0 aliphatic heterocycles. The van der Waals surface area contributed by atoms with Crippen molar-refractivity contribution in [1.29, 1.82) is 0 Å². The molecule has 0 spiro atoms. The van der Waals surface area contributed by atoms with Crippen LogP contribution in [0.4, 0.5) is 0 Å². The lowest BCUT2D eigenvalue weighted by molar-refractivity contribution is -0.138. The summed E-state index contributed by atoms with van der Waals surface area (Å²) in [6.45, 7) is 10.4. The Kier molecular flexibility index (Phi) is 17.3. The summed E-state index contributed by atoms with van der Waals surface area (Å²) in [5.41, 5.74) is 5.17. The number of esters is 3. The van der Waals surface area contributed by atoms with E-state index >= 15 is 0 Å². The number of ether oxygens (including phenoxy) is 6. The predicted molar refractivity (Wildman–Crippen MR) is 288 cm³/mol. The molecular weight excluding hydrogens is 917 g/mol. The molecule has 8 aromatic rings. The van der Waals surface area contributed by atoms with Gasteiger partial charge in [-0.25, -0.2) is 14.4 Å². The van der Waals surface area contributed by atoms with Crippen molar-refractivity contribution in [1.82, 2.24) is 0 Å². The predicted octanol–water partition coefficient (Wildman–Crippen LogP) is 14.3. The second-order valence-corrected chi connectivity index (χ2v) is 17.9. The number of benzene rings is 8. The van der Waals surface area contributed by atoms with Gasteiger partial charge in [-0.2, -0.15) is 0 Å². The SMILES string of the molecule is C=CC(=O)OCCCCCCOc1ccc(C(C)(O)Oc2ccc(-c3c4ccccc4c(-c4ccc(OC(=O)c5ccc6cc(OCCCCCCOC(=O)C=C)ccc6c5)cc4)c4ccccc34)cc2)cc1. The van der Waals surface area contributed by atoms with Crippen LogP contribution < -0.4 is 18.9 Å². The summed E-state index contributed by atoms with van der Waals surface area (Å²) in [5.74, 6) is -0.413. The molecule has 0 aromatic heterocycles. The molecule has 1 atom stereocenters. The molecule has 1 unspecified atom stereocenters. The van der Waals surface area contributed by atoms with Crippen LogP contribution in [0.25, 0.3) is 54.6 Å². The number of aliphatic hydroxyl groups is 1. The number of rotatable bonds is 25. The highest BCUT2D eigenvalue weighted by atomic mass is 16.6. The Morgan fingerprint density at radius 3 is 1.41 bits per heavy atom. The molecule has 0 saturated carbocycles. The van der Waals surface area contributed by atoms with Gasteiger partial charge in [0.2, 0.25) is 5.79 Å². The lowest BCUT2D eigenvalue weighted by Gasteiger charge is -2.25. The zero-order chi connectivity index (χ0) is 51.0. The summed E-state index contributed by atoms with van der Waals surface area (Å²) in [7, 11) is 0. The van der Waals surface area contributed by atoms with Gasteiger partial charge in [0.15, 0.2) is 0 Å². The Labute approximate surface area is 426 Å². The van der Waals surface area contributed by atoms with E-state index in [0.29, 0.717) is 54.8 Å². The largest absolute Gasteiger partial charge is 0.494 e. The van der Waals surface area contributed by atoms with Gasteiger partial charge in [-0.05, 0) is 179 Å². The third-order valence-electron chi connectivity index (χ3n) is 12.6. The molecule has 0 radical (unpaired) electrons. The monoisotopic (exact) mass is 976 g/mol. The second kappa shape index (κ2) is 24.8. The quantitative estimate of drug-likeness (QED) is 0.0148. The van der Waals surface area contributed by atoms with E-state index in [-0.39, 0.29) is 0 Å². The lowest BCUT2D eigenvalue weighted by Crippen LogP contribution is -2.28. The third-order valence-corrected chi connectivity index (χ3v) is 12.6. The summed E-state index contributed by atoms with van der Waals surface area (Å²) in [5, 5.41) is 17.6. The minimum atomic E-state index is -1.60. The van der Waals surface area contributed by atoms with Crippen LogP contribution >= 0.6 is 0 Å². The molecule has 8 rings (SSSR count). The van der Waals surface area contributed by atoms with Crippen molar-refractivity contribution >= 4 is 50.2 Å². The van der Waals surface area contributed by atoms with E-state index in [1.165, 1.54) is 12.2 Å². The molecule has 0 saturated heterocycles. The van der Waals surface area contributed by atoms with Gasteiger partial charge in [0.05, 0.1) is 32.0 Å². The van der Waals surface area contributed by atoms with Crippen molar-refractivity contribution in [2.24, 2.45) is 0 Å². The number of unbranched alkanes of at least 4 members (excludes halogenated alkanes) is 6. The van der Waals surface area contributed by atoms with Crippen molar-refractivity contribution in [2.45, 2.75) is 64.1 Å². The van der Waals surface area contributed by atoms with Gasteiger partial charge in [-0.1, -0.05) is 98.1 Å². The topological polar surface area (TPSA) is 127 Å². The molecule has 1 N–H and O–H groups in total. The summed E-state index contributed by atoms with van der Waals surface area (Å²) in [4.78, 5) is 35.8. The maximum atomic E-state index is 13.5. The van der Waals surface area contributed by atoms with Gasteiger partial charge in [0.1, 0.15) is 23.0 Å². The Balaban J connectivity index is 0.894. The molecule has 10 nitrogen and oxygen atoms in total. The highest BCUT2D eigenvalue weighted by molar-refractivity contribution is 6.21. The van der Waals surface area contributed by atoms with Gasteiger partial charge in [0.25, 0.3) is 0 Å². The fourth-order valence-corrected chi connectivity index (χ4v) is 8.84. The van der Waals surface area contributed by atoms with Crippen LogP contribution in [0, 0.1) is 0 Å². The average Bonchev–Trinajstić information content (AvgIpc) is 3.41. The molecule has 0 fully saturated rings. The maximum Gasteiger partial charge on any atom is 0.343 e. The molecule has 372 valence electrons. The van der Waals surface area contributed by atoms with E-state index in [1.807, 2.05) is 115 Å². The Bertz CT molecular complexity index is 3130. The van der Waals surface area contributed by atoms with Gasteiger partial charge >= 0.3 is 17.9 Å². The molecule has 73 heavy (non-hydrogen) atoms. The van der Waals surface area contributed by atoms with E-state index in [4.69, 9.17) is 28.4 Å². The Morgan fingerprint density at radius 1 is 0.479 bits per heavy atom. The molecule has 0 heterocycles. The first-order valence-electron chi connectivity index (χ1n) is 24.9. The Hall–Kier alpha value is -8.21. The van der Waals surface area contributed by atoms with Crippen molar-refractivity contribution in [3.05, 3.63) is 194 Å². The molecule has 0 bridgehead atoms. The van der Waals surface area contributed by atoms with Crippen LogP contribution in [0.2, 0.25) is 0 Å². The van der Waals surface area contributed by atoms with Crippen LogP contribution in [0.1, 0.15) is 74.2 Å². The zero-order valence-corrected chi connectivity index (χ0v) is 41.2. The van der Waals surface area contributed by atoms with E-state index in [0.717, 1.165) is 112 Å². The second-order valence-electron chi connectivity index (χ2n) is 17.9. The van der Waals surface area contributed by atoms with Crippen molar-refractivity contribution in [3.63, 3.8) is 0 Å². The number of hydrogen-bond acceptors (Lipinski definition) is 10. The Morgan fingerprint density at radius 2 is 0.904 bits per heavy atom. The van der Waals surface area contributed by atoms with Gasteiger partial charge in [-0.15, -0.1) is 0 Å². The normalized spacial score (nSPS) is 11.9. The molecule has 0 aliphatic carbocycles. The van der Waals surface area contributed by atoms with Crippen LogP contribution in [0.5, 0.6) is 23.0 Å². The smallest absolute Gasteiger partial charge is 0.343 e. The highest BCUT2D eigenvalue weighted by Gasteiger charge is 2.26. The van der Waals surface area contributed by atoms with Gasteiger partial charge < -0.3 is 33.5 Å². The standard InChI is InChI=1S/C63H60O10/c1-4-58(64)70-40-16-8-6-14-38-68-50-36-29-49(30-37-50)63(3,67)73-52-33-26-45(27-34-52)61-56-20-12-10-18-54(56)60(55-19-11-13-21-57(55)61)44-24-31-51(32-25-44)72-62(66)48-23-22-47-43-53(35-28-46(47)42-48)69-39-15-7-9-17-41-71-59(65)5-2/h4-5,10-13,18-37,42-43,67H,1-2,6-9,14-17,38-41H2,3H3. The fourth-order valence-electron chi connectivity index (χ4n) is 8.84. The zero-order valence-electron chi connectivity index (χ0n) is 41.2. The first-order chi connectivity index (χ1) is 35.6. The summed E-state index contributed by atoms with van der Waals surface area (Å²) >= 11 is 0. The first-order valence-corrected chi connectivity index (χ1v) is 24.9. The van der Waals surface area contributed by atoms with E-state index in [9.17, 15) is 19.5 Å². The van der Waals surface area contributed by atoms with E-state index < -0.39 is 23.7 Å². The minimum Gasteiger partial charge on any atom is -0.494 e. The average molecular weight is 977 g/mol. The van der Waals surface area contributed by atoms with Crippen LogP contribution in [0.3, 0.4) is 0 Å². The molecule has 0 amide bonds. The molecule has 10 heteroatoms. The van der Waals surface area contributed by atoms with Crippen LogP contribution in [-0.4, -0.2) is 49.4 Å². The fraction of sp³-hybridized carbons (Fsp3) is 0.222. The summed E-state index contributed by atoms with van der Waals surface area (Å²) < 4.78 is 34.0. The van der Waals surface area contributed by atoms with Crippen molar-refractivity contribution in [3.8, 4) is 45.3 Å². The van der Waals surface area contributed by atoms with Crippen LogP contribution in [-0.2, 0) is 24.8 Å². The first kappa shape index (κ1) is 51.2. The highest BCUT2D eigenvalue weighted by Crippen LogP contribution is 2.44. The van der Waals surface area contributed by atoms with E-state index in [1.54, 1.807) is 25.1 Å². The van der Waals surface area contributed by atoms with Crippen LogP contribution in [0.15, 0.2) is 183 Å². The summed E-state index contributed by atoms with van der Waals surface area (Å²) in [6.07, 6.45) is 9.52. The molecule has 8 aromatic carbocycles. The van der Waals surface area contributed by atoms with Crippen molar-refractivity contribution in [2.75, 3.05) is 26.4 Å². The number of carbonyl (C=O) groups excluding carboxylic acids is 3.